The number of halogens is 1. The van der Waals surface area contributed by atoms with E-state index in [9.17, 15) is 0 Å². The maximum Gasteiger partial charge on any atom is 0.225 e. The fourth-order valence-corrected chi connectivity index (χ4v) is 3.18. The lowest BCUT2D eigenvalue weighted by Crippen LogP contribution is -2.06. The van der Waals surface area contributed by atoms with Crippen LogP contribution in [-0.2, 0) is 6.54 Å². The SMILES string of the molecule is COc1cc2nc(NCc3cn4cc(Br)ccc4n3)nc(N)c2cc1OC. The van der Waals surface area contributed by atoms with E-state index in [1.54, 1.807) is 26.4 Å². The van der Waals surface area contributed by atoms with Gasteiger partial charge in [-0.05, 0) is 34.1 Å². The number of anilines is 2. The molecule has 1 aromatic carbocycles. The molecule has 8 nitrogen and oxygen atoms in total. The standard InChI is InChI=1S/C18H17BrN6O2/c1-26-14-5-12-13(6-15(14)27-2)23-18(24-17(12)20)21-7-11-9-25-8-10(19)3-4-16(25)22-11/h3-6,8-9H,7H2,1-2H3,(H3,20,21,23,24). The molecule has 4 rings (SSSR count). The molecule has 4 aromatic rings. The molecule has 0 aliphatic heterocycles. The van der Waals surface area contributed by atoms with Gasteiger partial charge in [0.1, 0.15) is 11.5 Å². The third kappa shape index (κ3) is 3.33. The molecule has 138 valence electrons. The van der Waals surface area contributed by atoms with E-state index in [1.807, 2.05) is 28.9 Å². The summed E-state index contributed by atoms with van der Waals surface area (Å²) in [6.45, 7) is 0.470. The molecule has 0 radical (unpaired) electrons. The molecule has 0 spiro atoms. The summed E-state index contributed by atoms with van der Waals surface area (Å²) in [5.41, 5.74) is 8.50. The van der Waals surface area contributed by atoms with Crippen LogP contribution in [0.3, 0.4) is 0 Å². The van der Waals surface area contributed by atoms with Crippen molar-refractivity contribution in [2.24, 2.45) is 0 Å². The van der Waals surface area contributed by atoms with E-state index in [1.165, 1.54) is 0 Å². The quantitative estimate of drug-likeness (QED) is 0.503. The number of aromatic nitrogens is 4. The lowest BCUT2D eigenvalue weighted by Gasteiger charge is -2.11. The lowest BCUT2D eigenvalue weighted by atomic mass is 10.2. The maximum atomic E-state index is 6.11. The first-order valence-electron chi connectivity index (χ1n) is 8.13. The van der Waals surface area contributed by atoms with Crippen LogP contribution in [0.1, 0.15) is 5.69 Å². The molecule has 0 saturated carbocycles. The number of benzene rings is 1. The van der Waals surface area contributed by atoms with E-state index in [2.05, 4.69) is 36.2 Å². The number of ether oxygens (including phenoxy) is 2. The van der Waals surface area contributed by atoms with Gasteiger partial charge in [-0.25, -0.2) is 9.97 Å². The van der Waals surface area contributed by atoms with Crippen LogP contribution in [0.4, 0.5) is 11.8 Å². The fraction of sp³-hybridized carbons (Fsp3) is 0.167. The Morgan fingerprint density at radius 3 is 2.63 bits per heavy atom. The van der Waals surface area contributed by atoms with E-state index in [0.717, 1.165) is 15.8 Å². The Bertz CT molecular complexity index is 1140. The molecule has 0 bridgehead atoms. The predicted octanol–water partition coefficient (Wildman–Crippen LogP) is 3.25. The van der Waals surface area contributed by atoms with Crippen molar-refractivity contribution in [1.82, 2.24) is 19.4 Å². The van der Waals surface area contributed by atoms with E-state index in [0.29, 0.717) is 40.7 Å². The molecule has 3 N–H and O–H groups in total. The number of rotatable bonds is 5. The van der Waals surface area contributed by atoms with Crippen molar-refractivity contribution >= 4 is 44.2 Å². The van der Waals surface area contributed by atoms with Crippen molar-refractivity contribution in [3.8, 4) is 11.5 Å². The number of nitrogen functional groups attached to an aromatic ring is 1. The third-order valence-electron chi connectivity index (χ3n) is 4.12. The van der Waals surface area contributed by atoms with Crippen LogP contribution in [0, 0.1) is 0 Å². The molecule has 9 heteroatoms. The van der Waals surface area contributed by atoms with Crippen molar-refractivity contribution in [2.45, 2.75) is 6.54 Å². The number of methoxy groups -OCH3 is 2. The zero-order valence-electron chi connectivity index (χ0n) is 14.7. The summed E-state index contributed by atoms with van der Waals surface area (Å²) in [6.07, 6.45) is 3.90. The zero-order valence-corrected chi connectivity index (χ0v) is 16.3. The average Bonchev–Trinajstić information content (AvgIpc) is 3.07. The summed E-state index contributed by atoms with van der Waals surface area (Å²) in [6, 6.07) is 7.44. The number of hydrogen-bond donors (Lipinski definition) is 2. The smallest absolute Gasteiger partial charge is 0.225 e. The molecule has 3 aromatic heterocycles. The Kier molecular flexibility index (Phi) is 4.44. The van der Waals surface area contributed by atoms with Crippen LogP contribution in [0.25, 0.3) is 16.6 Å². The lowest BCUT2D eigenvalue weighted by molar-refractivity contribution is 0.356. The molecule has 0 aliphatic rings. The molecule has 3 heterocycles. The van der Waals surface area contributed by atoms with E-state index >= 15 is 0 Å². The van der Waals surface area contributed by atoms with Crippen LogP contribution in [0.5, 0.6) is 11.5 Å². The minimum absolute atomic E-state index is 0.363. The topological polar surface area (TPSA) is 99.6 Å². The number of imidazole rings is 1. The predicted molar refractivity (Wildman–Crippen MR) is 107 cm³/mol. The first kappa shape index (κ1) is 17.3. The van der Waals surface area contributed by atoms with E-state index in [4.69, 9.17) is 15.2 Å². The summed E-state index contributed by atoms with van der Waals surface area (Å²) < 4.78 is 13.6. The molecule has 0 unspecified atom stereocenters. The molecule has 0 amide bonds. The van der Waals surface area contributed by atoms with Crippen LogP contribution in [0.2, 0.25) is 0 Å². The highest BCUT2D eigenvalue weighted by Crippen LogP contribution is 2.33. The van der Waals surface area contributed by atoms with Crippen molar-refractivity contribution < 1.29 is 9.47 Å². The zero-order chi connectivity index (χ0) is 19.0. The molecule has 0 aliphatic carbocycles. The van der Waals surface area contributed by atoms with Gasteiger partial charge in [0.2, 0.25) is 5.95 Å². The van der Waals surface area contributed by atoms with Gasteiger partial charge in [0.05, 0.1) is 32.0 Å². The van der Waals surface area contributed by atoms with Crippen molar-refractivity contribution in [3.63, 3.8) is 0 Å². The second-order valence-electron chi connectivity index (χ2n) is 5.86. The van der Waals surface area contributed by atoms with Crippen LogP contribution >= 0.6 is 15.9 Å². The molecule has 27 heavy (non-hydrogen) atoms. The van der Waals surface area contributed by atoms with Gasteiger partial charge in [-0.3, -0.25) is 0 Å². The van der Waals surface area contributed by atoms with E-state index in [-0.39, 0.29) is 0 Å². The minimum Gasteiger partial charge on any atom is -0.493 e. The number of nitrogens with one attached hydrogen (secondary N) is 1. The van der Waals surface area contributed by atoms with Gasteiger partial charge in [-0.15, -0.1) is 0 Å². The van der Waals surface area contributed by atoms with Gasteiger partial charge in [-0.2, -0.15) is 4.98 Å². The number of hydrogen-bond acceptors (Lipinski definition) is 7. The summed E-state index contributed by atoms with van der Waals surface area (Å²) in [5, 5.41) is 3.88. The van der Waals surface area contributed by atoms with Gasteiger partial charge in [-0.1, -0.05) is 0 Å². The second kappa shape index (κ2) is 6.92. The summed E-state index contributed by atoms with van der Waals surface area (Å²) in [5.74, 6) is 1.95. The number of nitrogens with zero attached hydrogens (tertiary/aromatic N) is 4. The van der Waals surface area contributed by atoms with Gasteiger partial charge in [0.15, 0.2) is 11.5 Å². The molecule has 0 saturated heterocycles. The molecular formula is C18H17BrN6O2. The minimum atomic E-state index is 0.363. The Hall–Kier alpha value is -3.07. The Labute approximate surface area is 163 Å². The molecule has 0 atom stereocenters. The fourth-order valence-electron chi connectivity index (χ4n) is 2.83. The third-order valence-corrected chi connectivity index (χ3v) is 4.59. The summed E-state index contributed by atoms with van der Waals surface area (Å²) in [7, 11) is 3.15. The number of pyridine rings is 1. The van der Waals surface area contributed by atoms with E-state index < -0.39 is 0 Å². The summed E-state index contributed by atoms with van der Waals surface area (Å²) in [4.78, 5) is 13.4. The maximum absolute atomic E-state index is 6.11. The largest absolute Gasteiger partial charge is 0.493 e. The molecule has 0 fully saturated rings. The Morgan fingerprint density at radius 2 is 1.85 bits per heavy atom. The Balaban J connectivity index is 1.62. The van der Waals surface area contributed by atoms with Crippen LogP contribution < -0.4 is 20.5 Å². The van der Waals surface area contributed by atoms with Crippen molar-refractivity contribution in [3.05, 3.63) is 46.8 Å². The molecular weight excluding hydrogens is 412 g/mol. The highest BCUT2D eigenvalue weighted by molar-refractivity contribution is 9.10. The first-order chi connectivity index (χ1) is 13.1. The van der Waals surface area contributed by atoms with Gasteiger partial charge < -0.3 is 24.9 Å². The van der Waals surface area contributed by atoms with Gasteiger partial charge >= 0.3 is 0 Å². The highest BCUT2D eigenvalue weighted by atomic mass is 79.9. The van der Waals surface area contributed by atoms with Gasteiger partial charge in [0, 0.05) is 28.3 Å². The Morgan fingerprint density at radius 1 is 1.07 bits per heavy atom. The number of fused-ring (bicyclic) bond motifs is 2. The van der Waals surface area contributed by atoms with Crippen molar-refractivity contribution in [2.75, 3.05) is 25.3 Å². The van der Waals surface area contributed by atoms with Crippen LogP contribution in [0.15, 0.2) is 41.1 Å². The normalized spacial score (nSPS) is 11.1. The average molecular weight is 429 g/mol. The first-order valence-corrected chi connectivity index (χ1v) is 8.93. The van der Waals surface area contributed by atoms with Crippen LogP contribution in [-0.4, -0.2) is 33.6 Å². The summed E-state index contributed by atoms with van der Waals surface area (Å²) >= 11 is 3.45. The monoisotopic (exact) mass is 428 g/mol. The van der Waals surface area contributed by atoms with Crippen molar-refractivity contribution in [1.29, 1.82) is 0 Å². The highest BCUT2D eigenvalue weighted by Gasteiger charge is 2.12. The number of nitrogens with two attached hydrogens (primary N) is 1. The van der Waals surface area contributed by atoms with Gasteiger partial charge in [0.25, 0.3) is 0 Å². The second-order valence-corrected chi connectivity index (χ2v) is 6.77.